The molecule has 0 radical (unpaired) electrons. The Morgan fingerprint density at radius 1 is 1.31 bits per heavy atom. The Hall–Kier alpha value is -0.530. The second-order valence-corrected chi connectivity index (χ2v) is 4.14. The number of unbranched alkanes of at least 4 members (excludes halogenated alkanes) is 1. The average molecular weight is 183 g/mol. The van der Waals surface area contributed by atoms with Crippen molar-refractivity contribution in [3.63, 3.8) is 0 Å². The van der Waals surface area contributed by atoms with Crippen LogP contribution in [0.5, 0.6) is 0 Å². The second kappa shape index (κ2) is 6.01. The Morgan fingerprint density at radius 2 is 2.00 bits per heavy atom. The molecule has 0 saturated heterocycles. The molecule has 0 heterocycles. The molecule has 0 spiro atoms. The molecule has 0 atom stereocenters. The number of hydrogen-bond donors (Lipinski definition) is 1. The molecule has 0 aromatic rings. The summed E-state index contributed by atoms with van der Waals surface area (Å²) in [5.41, 5.74) is 0. The monoisotopic (exact) mass is 183 g/mol. The van der Waals surface area contributed by atoms with Crippen molar-refractivity contribution in [1.29, 1.82) is 0 Å². The van der Waals surface area contributed by atoms with Crippen LogP contribution in [0.2, 0.25) is 0 Å². The first-order chi connectivity index (χ1) is 6.36. The molecular weight excluding hydrogens is 162 g/mol. The van der Waals surface area contributed by atoms with E-state index in [1.54, 1.807) is 0 Å². The van der Waals surface area contributed by atoms with E-state index in [4.69, 9.17) is 0 Å². The van der Waals surface area contributed by atoms with Crippen LogP contribution in [0.25, 0.3) is 0 Å². The summed E-state index contributed by atoms with van der Waals surface area (Å²) >= 11 is 0. The molecule has 76 valence electrons. The molecule has 0 aromatic heterocycles. The molecule has 13 heavy (non-hydrogen) atoms. The molecule has 0 bridgehead atoms. The van der Waals surface area contributed by atoms with Crippen molar-refractivity contribution in [2.24, 2.45) is 5.92 Å². The highest BCUT2D eigenvalue weighted by Gasteiger charge is 2.19. The van der Waals surface area contributed by atoms with Crippen molar-refractivity contribution in [1.82, 2.24) is 5.32 Å². The van der Waals surface area contributed by atoms with Crippen molar-refractivity contribution in [2.45, 2.75) is 57.9 Å². The zero-order valence-electron chi connectivity index (χ0n) is 8.59. The Labute approximate surface area is 81.1 Å². The second-order valence-electron chi connectivity index (χ2n) is 4.14. The molecule has 0 unspecified atom stereocenters. The molecule has 0 aromatic carbocycles. The topological polar surface area (TPSA) is 29.1 Å². The summed E-state index contributed by atoms with van der Waals surface area (Å²) in [6, 6.07) is 0.468. The van der Waals surface area contributed by atoms with Gasteiger partial charge in [0.15, 0.2) is 0 Å². The molecule has 1 amide bonds. The summed E-state index contributed by atoms with van der Waals surface area (Å²) in [6.45, 7) is 2.25. The number of amides is 1. The average Bonchev–Trinajstić information content (AvgIpc) is 2.17. The van der Waals surface area contributed by atoms with E-state index in [1.165, 1.54) is 44.9 Å². The highest BCUT2D eigenvalue weighted by molar-refractivity contribution is 5.46. The summed E-state index contributed by atoms with van der Waals surface area (Å²) in [7, 11) is 0. The molecule has 1 saturated carbocycles. The van der Waals surface area contributed by atoms with Crippen molar-refractivity contribution >= 4 is 6.41 Å². The maximum absolute atomic E-state index is 10.2. The van der Waals surface area contributed by atoms with Gasteiger partial charge in [0.1, 0.15) is 0 Å². The Morgan fingerprint density at radius 3 is 2.54 bits per heavy atom. The third kappa shape index (κ3) is 3.79. The fourth-order valence-electron chi connectivity index (χ4n) is 2.21. The van der Waals surface area contributed by atoms with Gasteiger partial charge in [-0.2, -0.15) is 0 Å². The summed E-state index contributed by atoms with van der Waals surface area (Å²) < 4.78 is 0. The third-order valence-electron chi connectivity index (χ3n) is 3.12. The van der Waals surface area contributed by atoms with Gasteiger partial charge >= 0.3 is 0 Å². The fourth-order valence-corrected chi connectivity index (χ4v) is 2.21. The van der Waals surface area contributed by atoms with E-state index in [0.717, 1.165) is 12.3 Å². The van der Waals surface area contributed by atoms with Gasteiger partial charge in [-0.1, -0.05) is 26.2 Å². The van der Waals surface area contributed by atoms with Gasteiger partial charge in [0.2, 0.25) is 6.41 Å². The Bertz CT molecular complexity index is 139. The van der Waals surface area contributed by atoms with E-state index in [1.807, 2.05) is 0 Å². The maximum Gasteiger partial charge on any atom is 0.207 e. The summed E-state index contributed by atoms with van der Waals surface area (Å²) in [6.07, 6.45) is 9.92. The SMILES string of the molecule is CCCC[C@H]1CC[C@H](NC=O)CC1. The lowest BCUT2D eigenvalue weighted by molar-refractivity contribution is -0.110. The maximum atomic E-state index is 10.2. The molecule has 1 N–H and O–H groups in total. The van der Waals surface area contributed by atoms with Crippen LogP contribution in [0.4, 0.5) is 0 Å². The third-order valence-corrected chi connectivity index (χ3v) is 3.12. The van der Waals surface area contributed by atoms with E-state index in [2.05, 4.69) is 12.2 Å². The van der Waals surface area contributed by atoms with E-state index in [0.29, 0.717) is 6.04 Å². The minimum atomic E-state index is 0.468. The summed E-state index contributed by atoms with van der Waals surface area (Å²) in [5.74, 6) is 0.935. The summed E-state index contributed by atoms with van der Waals surface area (Å²) in [5, 5.41) is 2.88. The standard InChI is InChI=1S/C11H21NO/c1-2-3-4-10-5-7-11(8-6-10)12-9-13/h9-11H,2-8H2,1H3,(H,12,13)/t10-,11-. The minimum Gasteiger partial charge on any atom is -0.356 e. The molecule has 1 rings (SSSR count). The Balaban J connectivity index is 2.11. The lowest BCUT2D eigenvalue weighted by Crippen LogP contribution is -2.32. The van der Waals surface area contributed by atoms with Gasteiger partial charge in [0.05, 0.1) is 0 Å². The molecule has 1 fully saturated rings. The van der Waals surface area contributed by atoms with Crippen LogP contribution in [0.3, 0.4) is 0 Å². The van der Waals surface area contributed by atoms with Gasteiger partial charge in [-0.25, -0.2) is 0 Å². The predicted octanol–water partition coefficient (Wildman–Crippen LogP) is 2.48. The molecule has 2 heteroatoms. The van der Waals surface area contributed by atoms with Crippen molar-refractivity contribution in [3.05, 3.63) is 0 Å². The highest BCUT2D eigenvalue weighted by atomic mass is 16.1. The minimum absolute atomic E-state index is 0.468. The number of hydrogen-bond acceptors (Lipinski definition) is 1. The fraction of sp³-hybridized carbons (Fsp3) is 0.909. The Kier molecular flexibility index (Phi) is 4.87. The molecule has 2 nitrogen and oxygen atoms in total. The van der Waals surface area contributed by atoms with Crippen LogP contribution in [0.15, 0.2) is 0 Å². The number of nitrogens with one attached hydrogen (secondary N) is 1. The predicted molar refractivity (Wildman–Crippen MR) is 54.5 cm³/mol. The molecule has 1 aliphatic carbocycles. The highest BCUT2D eigenvalue weighted by Crippen LogP contribution is 2.27. The first kappa shape index (κ1) is 10.6. The largest absolute Gasteiger partial charge is 0.356 e. The number of rotatable bonds is 5. The van der Waals surface area contributed by atoms with Gasteiger partial charge in [-0.3, -0.25) is 4.79 Å². The number of carbonyl (C=O) groups is 1. The lowest BCUT2D eigenvalue weighted by atomic mass is 9.83. The molecule has 0 aliphatic heterocycles. The zero-order chi connectivity index (χ0) is 9.52. The van der Waals surface area contributed by atoms with Crippen molar-refractivity contribution < 1.29 is 4.79 Å². The first-order valence-corrected chi connectivity index (χ1v) is 5.56. The smallest absolute Gasteiger partial charge is 0.207 e. The van der Waals surface area contributed by atoms with Crippen LogP contribution in [-0.2, 0) is 4.79 Å². The molecular formula is C11H21NO. The van der Waals surface area contributed by atoms with Crippen LogP contribution in [-0.4, -0.2) is 12.5 Å². The van der Waals surface area contributed by atoms with Gasteiger partial charge in [-0.05, 0) is 31.6 Å². The van der Waals surface area contributed by atoms with E-state index < -0.39 is 0 Å². The van der Waals surface area contributed by atoms with E-state index >= 15 is 0 Å². The quantitative estimate of drug-likeness (QED) is 0.652. The van der Waals surface area contributed by atoms with Gasteiger partial charge in [-0.15, -0.1) is 0 Å². The van der Waals surface area contributed by atoms with Gasteiger partial charge < -0.3 is 5.32 Å². The lowest BCUT2D eigenvalue weighted by Gasteiger charge is -2.27. The van der Waals surface area contributed by atoms with E-state index in [-0.39, 0.29) is 0 Å². The van der Waals surface area contributed by atoms with Crippen molar-refractivity contribution in [3.8, 4) is 0 Å². The van der Waals surface area contributed by atoms with Crippen LogP contribution in [0, 0.1) is 5.92 Å². The van der Waals surface area contributed by atoms with Crippen LogP contribution < -0.4 is 5.32 Å². The number of carbonyl (C=O) groups excluding carboxylic acids is 1. The van der Waals surface area contributed by atoms with Crippen molar-refractivity contribution in [2.75, 3.05) is 0 Å². The zero-order valence-corrected chi connectivity index (χ0v) is 8.59. The van der Waals surface area contributed by atoms with E-state index in [9.17, 15) is 4.79 Å². The van der Waals surface area contributed by atoms with Crippen LogP contribution >= 0.6 is 0 Å². The normalized spacial score (nSPS) is 28.4. The summed E-state index contributed by atoms with van der Waals surface area (Å²) in [4.78, 5) is 10.2. The first-order valence-electron chi connectivity index (χ1n) is 5.56. The molecule has 1 aliphatic rings. The van der Waals surface area contributed by atoms with Gasteiger partial charge in [0, 0.05) is 6.04 Å². The van der Waals surface area contributed by atoms with Gasteiger partial charge in [0.25, 0.3) is 0 Å². The van der Waals surface area contributed by atoms with Crippen LogP contribution in [0.1, 0.15) is 51.9 Å².